The molecule has 0 unspecified atom stereocenters. The van der Waals surface area contributed by atoms with Crippen molar-refractivity contribution in [2.75, 3.05) is 26.8 Å². The molecule has 2 N–H and O–H groups in total. The first kappa shape index (κ1) is 19.7. The van der Waals surface area contributed by atoms with Gasteiger partial charge in [0.1, 0.15) is 0 Å². The number of rotatable bonds is 9. The van der Waals surface area contributed by atoms with Crippen molar-refractivity contribution in [3.63, 3.8) is 0 Å². The fourth-order valence-corrected chi connectivity index (χ4v) is 2.87. The molecular formula is C20H33N3O2. The molecule has 1 aliphatic heterocycles. The lowest BCUT2D eigenvalue weighted by atomic mass is 10.1. The highest BCUT2D eigenvalue weighted by Crippen LogP contribution is 2.14. The zero-order chi connectivity index (χ0) is 17.7. The number of guanidine groups is 1. The molecule has 0 amide bonds. The molecule has 1 heterocycles. The molecule has 25 heavy (non-hydrogen) atoms. The van der Waals surface area contributed by atoms with E-state index in [1.165, 1.54) is 30.4 Å². The predicted octanol–water partition coefficient (Wildman–Crippen LogP) is 3.24. The van der Waals surface area contributed by atoms with E-state index in [1.807, 2.05) is 7.05 Å². The van der Waals surface area contributed by atoms with Gasteiger partial charge < -0.3 is 20.1 Å². The molecule has 2 rings (SSSR count). The van der Waals surface area contributed by atoms with Crippen LogP contribution in [0.3, 0.4) is 0 Å². The molecule has 0 aliphatic carbocycles. The van der Waals surface area contributed by atoms with Crippen molar-refractivity contribution in [2.24, 2.45) is 4.99 Å². The molecule has 1 fully saturated rings. The van der Waals surface area contributed by atoms with Gasteiger partial charge in [-0.15, -0.1) is 0 Å². The van der Waals surface area contributed by atoms with Crippen LogP contribution in [0.15, 0.2) is 29.3 Å². The van der Waals surface area contributed by atoms with Gasteiger partial charge in [-0.25, -0.2) is 0 Å². The average molecular weight is 348 g/mol. The average Bonchev–Trinajstić information content (AvgIpc) is 2.67. The summed E-state index contributed by atoms with van der Waals surface area (Å²) in [6.07, 6.45) is 6.00. The predicted molar refractivity (Wildman–Crippen MR) is 103 cm³/mol. The number of aliphatic imine (C=N–C) groups is 1. The van der Waals surface area contributed by atoms with Gasteiger partial charge in [0.2, 0.25) is 0 Å². The van der Waals surface area contributed by atoms with E-state index in [0.717, 1.165) is 45.1 Å². The second kappa shape index (κ2) is 11.9. The first-order chi connectivity index (χ1) is 12.3. The molecule has 0 spiro atoms. The number of ether oxygens (including phenoxy) is 2. The van der Waals surface area contributed by atoms with E-state index in [1.54, 1.807) is 0 Å². The van der Waals surface area contributed by atoms with E-state index in [-0.39, 0.29) is 0 Å². The highest BCUT2D eigenvalue weighted by Gasteiger charge is 2.14. The smallest absolute Gasteiger partial charge is 0.191 e. The minimum absolute atomic E-state index is 0.335. The second-order valence-electron chi connectivity index (χ2n) is 6.50. The number of benzene rings is 1. The molecule has 0 radical (unpaired) electrons. The maximum atomic E-state index is 6.01. The lowest BCUT2D eigenvalue weighted by Gasteiger charge is -2.22. The van der Waals surface area contributed by atoms with Crippen LogP contribution in [0.5, 0.6) is 0 Å². The molecule has 0 atom stereocenters. The van der Waals surface area contributed by atoms with Crippen LogP contribution in [0.2, 0.25) is 0 Å². The largest absolute Gasteiger partial charge is 0.381 e. The Morgan fingerprint density at radius 2 is 2.00 bits per heavy atom. The molecule has 0 aromatic heterocycles. The Hall–Kier alpha value is -1.59. The Kier molecular flexibility index (Phi) is 9.37. The van der Waals surface area contributed by atoms with Crippen LogP contribution in [0, 0.1) is 0 Å². The Bertz CT molecular complexity index is 513. The lowest BCUT2D eigenvalue weighted by Crippen LogP contribution is -2.37. The summed E-state index contributed by atoms with van der Waals surface area (Å²) >= 11 is 0. The SMILES string of the molecule is CCCCCNC(=NC)NCc1cccc(COC2CCOCC2)c1. The van der Waals surface area contributed by atoms with E-state index >= 15 is 0 Å². The van der Waals surface area contributed by atoms with Gasteiger partial charge in [0.15, 0.2) is 5.96 Å². The summed E-state index contributed by atoms with van der Waals surface area (Å²) in [5, 5.41) is 6.74. The number of unbranched alkanes of at least 4 members (excludes halogenated alkanes) is 2. The van der Waals surface area contributed by atoms with Crippen molar-refractivity contribution >= 4 is 5.96 Å². The minimum Gasteiger partial charge on any atom is -0.381 e. The number of hydrogen-bond donors (Lipinski definition) is 2. The fourth-order valence-electron chi connectivity index (χ4n) is 2.87. The highest BCUT2D eigenvalue weighted by molar-refractivity contribution is 5.79. The molecule has 1 aromatic rings. The first-order valence-electron chi connectivity index (χ1n) is 9.53. The van der Waals surface area contributed by atoms with E-state index < -0.39 is 0 Å². The fraction of sp³-hybridized carbons (Fsp3) is 0.650. The summed E-state index contributed by atoms with van der Waals surface area (Å²) < 4.78 is 11.4. The normalized spacial score (nSPS) is 16.0. The number of nitrogens with zero attached hydrogens (tertiary/aromatic N) is 1. The third-order valence-corrected chi connectivity index (χ3v) is 4.40. The Labute approximate surface area is 152 Å². The van der Waals surface area contributed by atoms with Crippen molar-refractivity contribution in [3.8, 4) is 0 Å². The maximum Gasteiger partial charge on any atom is 0.191 e. The van der Waals surface area contributed by atoms with E-state index in [4.69, 9.17) is 9.47 Å². The minimum atomic E-state index is 0.335. The summed E-state index contributed by atoms with van der Waals surface area (Å²) in [5.74, 6) is 0.861. The maximum absolute atomic E-state index is 6.01. The monoisotopic (exact) mass is 347 g/mol. The van der Waals surface area contributed by atoms with E-state index in [9.17, 15) is 0 Å². The quantitative estimate of drug-likeness (QED) is 0.409. The summed E-state index contributed by atoms with van der Waals surface area (Å²) in [4.78, 5) is 4.28. The van der Waals surface area contributed by atoms with Crippen LogP contribution < -0.4 is 10.6 Å². The molecule has 0 saturated carbocycles. The molecule has 1 aromatic carbocycles. The molecule has 5 nitrogen and oxygen atoms in total. The van der Waals surface area contributed by atoms with Gasteiger partial charge in [0.05, 0.1) is 12.7 Å². The zero-order valence-electron chi connectivity index (χ0n) is 15.7. The molecule has 140 valence electrons. The van der Waals surface area contributed by atoms with Crippen molar-refractivity contribution in [1.29, 1.82) is 0 Å². The first-order valence-corrected chi connectivity index (χ1v) is 9.53. The van der Waals surface area contributed by atoms with Gasteiger partial charge in [-0.05, 0) is 30.4 Å². The Morgan fingerprint density at radius 3 is 2.76 bits per heavy atom. The van der Waals surface area contributed by atoms with Crippen molar-refractivity contribution in [1.82, 2.24) is 10.6 Å². The van der Waals surface area contributed by atoms with Gasteiger partial charge in [-0.2, -0.15) is 0 Å². The molecule has 1 saturated heterocycles. The van der Waals surface area contributed by atoms with Gasteiger partial charge in [-0.1, -0.05) is 44.0 Å². The highest BCUT2D eigenvalue weighted by atomic mass is 16.5. The standard InChI is InChI=1S/C20H33N3O2/c1-3-4-5-11-22-20(21-2)23-15-17-7-6-8-18(14-17)16-25-19-9-12-24-13-10-19/h6-8,14,19H,3-5,9-13,15-16H2,1-2H3,(H2,21,22,23). The topological polar surface area (TPSA) is 54.9 Å². The van der Waals surface area contributed by atoms with Gasteiger partial charge >= 0.3 is 0 Å². The van der Waals surface area contributed by atoms with Crippen LogP contribution in [-0.2, 0) is 22.6 Å². The third kappa shape index (κ3) is 7.88. The molecular weight excluding hydrogens is 314 g/mol. The third-order valence-electron chi connectivity index (χ3n) is 4.40. The van der Waals surface area contributed by atoms with Gasteiger partial charge in [0.25, 0.3) is 0 Å². The second-order valence-corrected chi connectivity index (χ2v) is 6.50. The Morgan fingerprint density at radius 1 is 1.20 bits per heavy atom. The zero-order valence-corrected chi connectivity index (χ0v) is 15.7. The van der Waals surface area contributed by atoms with Crippen molar-refractivity contribution in [2.45, 2.75) is 58.3 Å². The van der Waals surface area contributed by atoms with Gasteiger partial charge in [0, 0.05) is 33.4 Å². The summed E-state index contributed by atoms with van der Waals surface area (Å²) in [7, 11) is 1.81. The van der Waals surface area contributed by atoms with Crippen LogP contribution in [0.4, 0.5) is 0 Å². The number of nitrogens with one attached hydrogen (secondary N) is 2. The van der Waals surface area contributed by atoms with E-state index in [2.05, 4.69) is 46.8 Å². The molecule has 0 bridgehead atoms. The number of hydrogen-bond acceptors (Lipinski definition) is 3. The van der Waals surface area contributed by atoms with Gasteiger partial charge in [-0.3, -0.25) is 4.99 Å². The molecule has 1 aliphatic rings. The summed E-state index contributed by atoms with van der Waals surface area (Å²) in [6.45, 7) is 6.25. The summed E-state index contributed by atoms with van der Waals surface area (Å²) in [5.41, 5.74) is 2.46. The Balaban J connectivity index is 1.74. The van der Waals surface area contributed by atoms with Crippen molar-refractivity contribution < 1.29 is 9.47 Å². The van der Waals surface area contributed by atoms with Crippen molar-refractivity contribution in [3.05, 3.63) is 35.4 Å². The van der Waals surface area contributed by atoms with Crippen LogP contribution in [0.25, 0.3) is 0 Å². The van der Waals surface area contributed by atoms with Crippen LogP contribution in [-0.4, -0.2) is 38.9 Å². The summed E-state index contributed by atoms with van der Waals surface area (Å²) in [6, 6.07) is 8.56. The van der Waals surface area contributed by atoms with Crippen LogP contribution >= 0.6 is 0 Å². The lowest BCUT2D eigenvalue weighted by molar-refractivity contribution is -0.0390. The molecule has 5 heteroatoms. The van der Waals surface area contributed by atoms with E-state index in [0.29, 0.717) is 12.7 Å². The van der Waals surface area contributed by atoms with Crippen LogP contribution in [0.1, 0.15) is 50.2 Å².